The zero-order valence-corrected chi connectivity index (χ0v) is 10.6. The fraction of sp³-hybridized carbons (Fsp3) is 0.0588. The summed E-state index contributed by atoms with van der Waals surface area (Å²) in [6.07, 6.45) is 3.56. The van der Waals surface area contributed by atoms with E-state index >= 15 is 0 Å². The minimum atomic E-state index is 0.285. The predicted molar refractivity (Wildman–Crippen MR) is 79.5 cm³/mol. The number of phenols is 1. The fourth-order valence-electron chi connectivity index (χ4n) is 1.47. The summed E-state index contributed by atoms with van der Waals surface area (Å²) >= 11 is 0. The van der Waals surface area contributed by atoms with Crippen LogP contribution in [0.25, 0.3) is 12.2 Å². The molecule has 0 saturated carbocycles. The van der Waals surface area contributed by atoms with Crippen LogP contribution in [-0.2, 0) is 0 Å². The molecule has 0 aromatic heterocycles. The molecule has 0 unspecified atom stereocenters. The van der Waals surface area contributed by atoms with Crippen molar-refractivity contribution in [1.29, 1.82) is 0 Å². The first-order valence-electron chi connectivity index (χ1n) is 5.77. The molecule has 2 aromatic carbocycles. The van der Waals surface area contributed by atoms with E-state index in [4.69, 9.17) is 5.11 Å². The van der Waals surface area contributed by atoms with Gasteiger partial charge in [-0.2, -0.15) is 0 Å². The standard InChI is InChI=1S/C9H10.C8H8O/c1-3-9-7-5-4-6-8(9)2;1-2-7-4-3-5-8(9)6-7/h3-7H,1H2,2H3;2-6,9H,1H2. The van der Waals surface area contributed by atoms with Crippen molar-refractivity contribution in [2.75, 3.05) is 0 Å². The van der Waals surface area contributed by atoms with Gasteiger partial charge in [0.25, 0.3) is 0 Å². The van der Waals surface area contributed by atoms with Crippen LogP contribution < -0.4 is 0 Å². The molecule has 0 saturated heterocycles. The summed E-state index contributed by atoms with van der Waals surface area (Å²) in [6, 6.07) is 15.1. The van der Waals surface area contributed by atoms with E-state index in [2.05, 4.69) is 32.2 Å². The monoisotopic (exact) mass is 238 g/mol. The highest BCUT2D eigenvalue weighted by Gasteiger charge is 1.87. The van der Waals surface area contributed by atoms with E-state index in [1.54, 1.807) is 24.3 Å². The number of hydrogen-bond donors (Lipinski definition) is 1. The number of benzene rings is 2. The molecule has 2 aromatic rings. The van der Waals surface area contributed by atoms with Crippen LogP contribution in [0, 0.1) is 6.92 Å². The molecule has 92 valence electrons. The molecule has 0 bridgehead atoms. The highest BCUT2D eigenvalue weighted by atomic mass is 16.3. The molecule has 0 atom stereocenters. The normalized spacial score (nSPS) is 8.94. The maximum absolute atomic E-state index is 8.90. The van der Waals surface area contributed by atoms with Crippen molar-refractivity contribution in [2.24, 2.45) is 0 Å². The SMILES string of the molecule is C=Cc1cccc(O)c1.C=Cc1ccccc1C. The molecule has 0 amide bonds. The zero-order valence-electron chi connectivity index (χ0n) is 10.6. The first-order chi connectivity index (χ1) is 8.67. The third-order valence-corrected chi connectivity index (χ3v) is 2.51. The van der Waals surface area contributed by atoms with E-state index in [9.17, 15) is 0 Å². The van der Waals surface area contributed by atoms with Gasteiger partial charge in [-0.15, -0.1) is 0 Å². The quantitative estimate of drug-likeness (QED) is 0.805. The van der Waals surface area contributed by atoms with Crippen LogP contribution in [0.3, 0.4) is 0 Å². The van der Waals surface area contributed by atoms with Gasteiger partial charge in [0.2, 0.25) is 0 Å². The van der Waals surface area contributed by atoms with Crippen LogP contribution >= 0.6 is 0 Å². The minimum Gasteiger partial charge on any atom is -0.508 e. The van der Waals surface area contributed by atoms with Gasteiger partial charge in [0.1, 0.15) is 5.75 Å². The van der Waals surface area contributed by atoms with Crippen molar-refractivity contribution in [3.63, 3.8) is 0 Å². The van der Waals surface area contributed by atoms with E-state index in [1.165, 1.54) is 11.1 Å². The summed E-state index contributed by atoms with van der Waals surface area (Å²) in [5.41, 5.74) is 3.44. The van der Waals surface area contributed by atoms with E-state index in [-0.39, 0.29) is 5.75 Å². The van der Waals surface area contributed by atoms with Gasteiger partial charge in [-0.1, -0.05) is 61.7 Å². The van der Waals surface area contributed by atoms with Gasteiger partial charge < -0.3 is 5.11 Å². The van der Waals surface area contributed by atoms with Gasteiger partial charge in [-0.3, -0.25) is 0 Å². The molecule has 1 heteroatoms. The summed E-state index contributed by atoms with van der Waals surface area (Å²) in [7, 11) is 0. The average molecular weight is 238 g/mol. The van der Waals surface area contributed by atoms with E-state index < -0.39 is 0 Å². The highest BCUT2D eigenvalue weighted by molar-refractivity contribution is 5.51. The maximum Gasteiger partial charge on any atom is 0.116 e. The lowest BCUT2D eigenvalue weighted by Gasteiger charge is -1.95. The van der Waals surface area contributed by atoms with Crippen molar-refractivity contribution in [1.82, 2.24) is 0 Å². The Hall–Kier alpha value is -2.28. The lowest BCUT2D eigenvalue weighted by molar-refractivity contribution is 0.475. The summed E-state index contributed by atoms with van der Waals surface area (Å²) in [5, 5.41) is 8.90. The lowest BCUT2D eigenvalue weighted by atomic mass is 10.1. The smallest absolute Gasteiger partial charge is 0.116 e. The first kappa shape index (κ1) is 13.8. The zero-order chi connectivity index (χ0) is 13.4. The summed E-state index contributed by atoms with van der Waals surface area (Å²) in [6.45, 7) is 9.33. The molecule has 0 radical (unpaired) electrons. The van der Waals surface area contributed by atoms with E-state index in [0.717, 1.165) is 5.56 Å². The molecule has 0 spiro atoms. The van der Waals surface area contributed by atoms with Gasteiger partial charge in [0.15, 0.2) is 0 Å². The summed E-state index contributed by atoms with van der Waals surface area (Å²) < 4.78 is 0. The number of phenolic OH excluding ortho intramolecular Hbond substituents is 1. The second-order valence-electron chi connectivity index (χ2n) is 3.86. The molecule has 1 N–H and O–H groups in total. The Balaban J connectivity index is 0.000000180. The van der Waals surface area contributed by atoms with Gasteiger partial charge in [0, 0.05) is 0 Å². The fourth-order valence-corrected chi connectivity index (χ4v) is 1.47. The van der Waals surface area contributed by atoms with Gasteiger partial charge in [-0.05, 0) is 35.7 Å². The summed E-state index contributed by atoms with van der Waals surface area (Å²) in [4.78, 5) is 0. The van der Waals surface area contributed by atoms with Crippen LogP contribution in [0.5, 0.6) is 5.75 Å². The van der Waals surface area contributed by atoms with Crippen molar-refractivity contribution < 1.29 is 5.11 Å². The number of rotatable bonds is 2. The van der Waals surface area contributed by atoms with Crippen molar-refractivity contribution in [3.05, 3.63) is 78.4 Å². The van der Waals surface area contributed by atoms with Crippen molar-refractivity contribution in [2.45, 2.75) is 6.92 Å². The molecule has 0 heterocycles. The Bertz CT molecular complexity index is 527. The van der Waals surface area contributed by atoms with Crippen molar-refractivity contribution >= 4 is 12.2 Å². The van der Waals surface area contributed by atoms with Gasteiger partial charge >= 0.3 is 0 Å². The largest absolute Gasteiger partial charge is 0.508 e. The van der Waals surface area contributed by atoms with Crippen molar-refractivity contribution in [3.8, 4) is 5.75 Å². The third kappa shape index (κ3) is 4.30. The highest BCUT2D eigenvalue weighted by Crippen LogP contribution is 2.10. The molecule has 18 heavy (non-hydrogen) atoms. The van der Waals surface area contributed by atoms with Crippen LogP contribution in [0.2, 0.25) is 0 Å². The Morgan fingerprint density at radius 1 is 0.944 bits per heavy atom. The number of aromatic hydroxyl groups is 1. The molecule has 1 nitrogen and oxygen atoms in total. The van der Waals surface area contributed by atoms with Crippen LogP contribution in [0.4, 0.5) is 0 Å². The maximum atomic E-state index is 8.90. The topological polar surface area (TPSA) is 20.2 Å². The van der Waals surface area contributed by atoms with Gasteiger partial charge in [-0.25, -0.2) is 0 Å². The van der Waals surface area contributed by atoms with Crippen LogP contribution in [0.1, 0.15) is 16.7 Å². The molecule has 0 aliphatic rings. The Morgan fingerprint density at radius 2 is 1.67 bits per heavy atom. The number of aryl methyl sites for hydroxylation is 1. The molecule has 0 aliphatic carbocycles. The van der Waals surface area contributed by atoms with E-state index in [1.807, 2.05) is 24.3 Å². The third-order valence-electron chi connectivity index (χ3n) is 2.51. The Kier molecular flexibility index (Phi) is 5.46. The van der Waals surface area contributed by atoms with Crippen LogP contribution in [-0.4, -0.2) is 5.11 Å². The first-order valence-corrected chi connectivity index (χ1v) is 5.77. The molecular weight excluding hydrogens is 220 g/mol. The molecule has 0 fully saturated rings. The Morgan fingerprint density at radius 3 is 2.11 bits per heavy atom. The second kappa shape index (κ2) is 7.13. The Labute approximate surface area is 109 Å². The summed E-state index contributed by atoms with van der Waals surface area (Å²) in [5.74, 6) is 0.285. The molecular formula is C17H18O. The molecule has 0 aliphatic heterocycles. The predicted octanol–water partition coefficient (Wildman–Crippen LogP) is 4.67. The van der Waals surface area contributed by atoms with E-state index in [0.29, 0.717) is 0 Å². The number of hydrogen-bond acceptors (Lipinski definition) is 1. The van der Waals surface area contributed by atoms with Gasteiger partial charge in [0.05, 0.1) is 0 Å². The van der Waals surface area contributed by atoms with Crippen LogP contribution in [0.15, 0.2) is 61.7 Å². The average Bonchev–Trinajstić information content (AvgIpc) is 2.40. The molecule has 2 rings (SSSR count). The second-order valence-corrected chi connectivity index (χ2v) is 3.86. The minimum absolute atomic E-state index is 0.285. The lowest BCUT2D eigenvalue weighted by Crippen LogP contribution is -1.75.